The van der Waals surface area contributed by atoms with E-state index in [0.717, 1.165) is 60.8 Å². The molecule has 0 atom stereocenters. The van der Waals surface area contributed by atoms with Crippen molar-refractivity contribution < 1.29 is 8.98 Å². The molecule has 0 fully saturated rings. The number of aromatic nitrogens is 1. The number of pyridine rings is 1. The molecule has 0 saturated carbocycles. The van der Waals surface area contributed by atoms with Gasteiger partial charge < -0.3 is 4.42 Å². The molecule has 5 aromatic carbocycles. The Hall–Kier alpha value is -5.20. The van der Waals surface area contributed by atoms with Gasteiger partial charge in [-0.05, 0) is 58.7 Å². The summed E-state index contributed by atoms with van der Waals surface area (Å²) in [6.07, 6.45) is 2.17. The first-order chi connectivity index (χ1) is 19.1. The van der Waals surface area contributed by atoms with Gasteiger partial charge in [0.15, 0.2) is 6.20 Å². The Labute approximate surface area is 226 Å². The highest BCUT2D eigenvalue weighted by Crippen LogP contribution is 2.42. The van der Waals surface area contributed by atoms with Crippen molar-refractivity contribution in [3.63, 3.8) is 0 Å². The molecule has 0 amide bonds. The van der Waals surface area contributed by atoms with Crippen molar-refractivity contribution in [3.8, 4) is 39.6 Å². The van der Waals surface area contributed by atoms with Gasteiger partial charge in [-0.3, -0.25) is 0 Å². The topological polar surface area (TPSA) is 40.8 Å². The summed E-state index contributed by atoms with van der Waals surface area (Å²) in [5.41, 5.74) is 9.62. The van der Waals surface area contributed by atoms with E-state index in [1.54, 1.807) is 0 Å². The molecule has 7 rings (SSSR count). The highest BCUT2D eigenvalue weighted by molar-refractivity contribution is 6.14. The summed E-state index contributed by atoms with van der Waals surface area (Å²) >= 11 is 0. The summed E-state index contributed by atoms with van der Waals surface area (Å²) in [5, 5.41) is 14.4. The van der Waals surface area contributed by atoms with E-state index >= 15 is 0 Å². The van der Waals surface area contributed by atoms with Crippen LogP contribution in [0.15, 0.2) is 120 Å². The maximum Gasteiger partial charge on any atom is 0.216 e. The Bertz CT molecular complexity index is 2100. The van der Waals surface area contributed by atoms with Crippen LogP contribution in [0.25, 0.3) is 66.2 Å². The van der Waals surface area contributed by atoms with E-state index in [9.17, 15) is 5.26 Å². The fourth-order valence-corrected chi connectivity index (χ4v) is 5.71. The summed E-state index contributed by atoms with van der Waals surface area (Å²) in [5.74, 6) is 0. The van der Waals surface area contributed by atoms with E-state index in [1.807, 2.05) is 30.3 Å². The molecule has 0 saturated heterocycles. The summed E-state index contributed by atoms with van der Waals surface area (Å²) in [6.45, 7) is 2.12. The second-order valence-corrected chi connectivity index (χ2v) is 10.1. The molecule has 0 aliphatic rings. The number of hydrogen-bond acceptors (Lipinski definition) is 2. The zero-order valence-electron chi connectivity index (χ0n) is 21.8. The van der Waals surface area contributed by atoms with Crippen LogP contribution in [0.2, 0.25) is 0 Å². The van der Waals surface area contributed by atoms with Gasteiger partial charge in [0.1, 0.15) is 18.2 Å². The van der Waals surface area contributed by atoms with Gasteiger partial charge in [-0.1, -0.05) is 78.9 Å². The molecular formula is C36H25N2O+. The summed E-state index contributed by atoms with van der Waals surface area (Å²) in [4.78, 5) is 0. The van der Waals surface area contributed by atoms with E-state index in [0.29, 0.717) is 5.56 Å². The van der Waals surface area contributed by atoms with E-state index in [2.05, 4.69) is 110 Å². The normalized spacial score (nSPS) is 11.3. The van der Waals surface area contributed by atoms with Crippen molar-refractivity contribution >= 4 is 32.7 Å². The summed E-state index contributed by atoms with van der Waals surface area (Å²) in [6, 6.07) is 40.0. The van der Waals surface area contributed by atoms with Gasteiger partial charge in [0.2, 0.25) is 5.69 Å². The Morgan fingerprint density at radius 2 is 1.33 bits per heavy atom. The van der Waals surface area contributed by atoms with Crippen LogP contribution in [-0.2, 0) is 7.05 Å². The van der Waals surface area contributed by atoms with Crippen LogP contribution < -0.4 is 4.57 Å². The number of benzene rings is 5. The highest BCUT2D eigenvalue weighted by Gasteiger charge is 2.23. The maximum absolute atomic E-state index is 10.1. The predicted octanol–water partition coefficient (Wildman–Crippen LogP) is 8.74. The van der Waals surface area contributed by atoms with Crippen molar-refractivity contribution in [1.29, 1.82) is 5.26 Å². The first kappa shape index (κ1) is 23.0. The lowest BCUT2D eigenvalue weighted by molar-refractivity contribution is -0.659. The standard InChI is InChI=1S/C36H25N2O/c1-23-12-17-30-31-18-15-28(21-37)34(27-14-13-25-10-6-7-11-26(25)20-27)36(31)39-35(30)33(23)32-19-16-29(22-38(32)2)24-8-4-3-5-9-24/h3-20,22H,1-2H3/q+1. The summed E-state index contributed by atoms with van der Waals surface area (Å²) in [7, 11) is 2.08. The first-order valence-electron chi connectivity index (χ1n) is 13.1. The van der Waals surface area contributed by atoms with Crippen molar-refractivity contribution in [3.05, 3.63) is 127 Å². The predicted molar refractivity (Wildman–Crippen MR) is 158 cm³/mol. The SMILES string of the molecule is Cc1ccc2c(oc3c(-c4ccc5ccccc5c4)c(C#N)ccc32)c1-c1ccc(-c2ccccc2)c[n+]1C. The van der Waals surface area contributed by atoms with E-state index in [4.69, 9.17) is 4.42 Å². The van der Waals surface area contributed by atoms with Gasteiger partial charge in [0.05, 0.1) is 17.2 Å². The number of aryl methyl sites for hydroxylation is 2. The van der Waals surface area contributed by atoms with Crippen molar-refractivity contribution in [2.24, 2.45) is 7.05 Å². The first-order valence-corrected chi connectivity index (χ1v) is 13.1. The average molecular weight is 502 g/mol. The number of furan rings is 1. The fraction of sp³-hybridized carbons (Fsp3) is 0.0556. The minimum Gasteiger partial charge on any atom is -0.454 e. The molecule has 2 heterocycles. The van der Waals surface area contributed by atoms with Crippen LogP contribution in [-0.4, -0.2) is 0 Å². The van der Waals surface area contributed by atoms with Crippen LogP contribution in [0.5, 0.6) is 0 Å². The lowest BCUT2D eigenvalue weighted by Gasteiger charge is -2.07. The quantitative estimate of drug-likeness (QED) is 0.227. The molecular weight excluding hydrogens is 476 g/mol. The third-order valence-corrected chi connectivity index (χ3v) is 7.67. The van der Waals surface area contributed by atoms with Crippen LogP contribution >= 0.6 is 0 Å². The number of hydrogen-bond donors (Lipinski definition) is 0. The molecule has 0 radical (unpaired) electrons. The number of nitrogens with zero attached hydrogens (tertiary/aromatic N) is 2. The van der Waals surface area contributed by atoms with Crippen molar-refractivity contribution in [1.82, 2.24) is 0 Å². The largest absolute Gasteiger partial charge is 0.454 e. The lowest BCUT2D eigenvalue weighted by Crippen LogP contribution is -2.30. The molecule has 0 bridgehead atoms. The average Bonchev–Trinajstić information content (AvgIpc) is 3.35. The molecule has 0 aliphatic heterocycles. The van der Waals surface area contributed by atoms with Gasteiger partial charge in [-0.25, -0.2) is 4.57 Å². The molecule has 3 heteroatoms. The maximum atomic E-state index is 10.1. The van der Waals surface area contributed by atoms with Crippen LogP contribution in [0.3, 0.4) is 0 Å². The summed E-state index contributed by atoms with van der Waals surface area (Å²) < 4.78 is 8.93. The molecule has 0 aliphatic carbocycles. The molecule has 3 nitrogen and oxygen atoms in total. The van der Waals surface area contributed by atoms with Crippen LogP contribution in [0.4, 0.5) is 0 Å². The number of nitriles is 1. The van der Waals surface area contributed by atoms with Crippen LogP contribution in [0.1, 0.15) is 11.1 Å². The zero-order chi connectivity index (χ0) is 26.5. The molecule has 7 aromatic rings. The third kappa shape index (κ3) is 3.69. The molecule has 0 N–H and O–H groups in total. The Balaban J connectivity index is 1.48. The fourth-order valence-electron chi connectivity index (χ4n) is 5.71. The minimum absolute atomic E-state index is 0.605. The molecule has 2 aromatic heterocycles. The minimum atomic E-state index is 0.605. The highest BCUT2D eigenvalue weighted by atomic mass is 16.3. The zero-order valence-corrected chi connectivity index (χ0v) is 21.8. The van der Waals surface area contributed by atoms with E-state index in [1.165, 1.54) is 10.9 Å². The van der Waals surface area contributed by atoms with Gasteiger partial charge in [-0.2, -0.15) is 5.26 Å². The van der Waals surface area contributed by atoms with Gasteiger partial charge in [-0.15, -0.1) is 0 Å². The van der Waals surface area contributed by atoms with E-state index in [-0.39, 0.29) is 0 Å². The van der Waals surface area contributed by atoms with E-state index < -0.39 is 0 Å². The number of fused-ring (bicyclic) bond motifs is 4. The third-order valence-electron chi connectivity index (χ3n) is 7.67. The van der Waals surface area contributed by atoms with Crippen LogP contribution in [0, 0.1) is 18.3 Å². The van der Waals surface area contributed by atoms with Gasteiger partial charge in [0.25, 0.3) is 0 Å². The number of rotatable bonds is 3. The Morgan fingerprint density at radius 1 is 0.641 bits per heavy atom. The monoisotopic (exact) mass is 501 g/mol. The molecule has 39 heavy (non-hydrogen) atoms. The van der Waals surface area contributed by atoms with Gasteiger partial charge in [0, 0.05) is 28.0 Å². The second kappa shape index (κ2) is 8.97. The Kier molecular flexibility index (Phi) is 5.28. The molecule has 0 unspecified atom stereocenters. The van der Waals surface area contributed by atoms with Gasteiger partial charge >= 0.3 is 0 Å². The second-order valence-electron chi connectivity index (χ2n) is 10.1. The lowest BCUT2D eigenvalue weighted by atomic mass is 9.94. The smallest absolute Gasteiger partial charge is 0.216 e. The Morgan fingerprint density at radius 3 is 2.10 bits per heavy atom. The van der Waals surface area contributed by atoms with Crippen molar-refractivity contribution in [2.75, 3.05) is 0 Å². The van der Waals surface area contributed by atoms with Crippen molar-refractivity contribution in [2.45, 2.75) is 6.92 Å². The molecule has 184 valence electrons. The molecule has 0 spiro atoms.